The van der Waals surface area contributed by atoms with Crippen LogP contribution in [0.25, 0.3) is 10.9 Å². The first-order chi connectivity index (χ1) is 17.3. The number of esters is 1. The molecule has 1 aliphatic carbocycles. The number of benzene rings is 1. The number of ether oxygens (including phenoxy) is 1. The van der Waals surface area contributed by atoms with Crippen LogP contribution in [-0.4, -0.2) is 36.3 Å². The fraction of sp³-hybridized carbons (Fsp3) is 0.500. The van der Waals surface area contributed by atoms with E-state index in [0.29, 0.717) is 31.4 Å². The Hall–Kier alpha value is -3.00. The van der Waals surface area contributed by atoms with Gasteiger partial charge in [0.25, 0.3) is 0 Å². The van der Waals surface area contributed by atoms with E-state index in [1.165, 1.54) is 12.3 Å². The maximum Gasteiger partial charge on any atom is 0.343 e. The van der Waals surface area contributed by atoms with Crippen LogP contribution in [0.2, 0.25) is 5.02 Å². The van der Waals surface area contributed by atoms with Crippen molar-refractivity contribution in [2.24, 2.45) is 11.7 Å². The zero-order chi connectivity index (χ0) is 25.8. The van der Waals surface area contributed by atoms with Gasteiger partial charge in [0.2, 0.25) is 5.43 Å². The Bertz CT molecular complexity index is 1270. The molecule has 2 fully saturated rings. The van der Waals surface area contributed by atoms with Crippen LogP contribution in [0.5, 0.6) is 0 Å². The molecular weight excluding hydrogens is 481 g/mol. The van der Waals surface area contributed by atoms with Crippen molar-refractivity contribution in [1.82, 2.24) is 4.57 Å². The van der Waals surface area contributed by atoms with Crippen LogP contribution in [0.1, 0.15) is 67.8 Å². The van der Waals surface area contributed by atoms with Crippen LogP contribution in [0.15, 0.2) is 17.1 Å². The lowest BCUT2D eigenvalue weighted by Crippen LogP contribution is -2.40. The summed E-state index contributed by atoms with van der Waals surface area (Å²) in [5.41, 5.74) is 6.18. The maximum absolute atomic E-state index is 15.5. The van der Waals surface area contributed by atoms with E-state index < -0.39 is 17.2 Å². The van der Waals surface area contributed by atoms with Crippen LogP contribution in [0.3, 0.4) is 0 Å². The highest BCUT2D eigenvalue weighted by atomic mass is 35.5. The molecule has 1 saturated heterocycles. The summed E-state index contributed by atoms with van der Waals surface area (Å²) in [5.74, 6) is 3.45. The smallest absolute Gasteiger partial charge is 0.343 e. The lowest BCUT2D eigenvalue weighted by Gasteiger charge is -2.31. The third-order valence-electron chi connectivity index (χ3n) is 6.88. The minimum Gasteiger partial charge on any atom is -0.462 e. The average molecular weight is 512 g/mol. The van der Waals surface area contributed by atoms with Crippen LogP contribution in [0, 0.1) is 36.4 Å². The van der Waals surface area contributed by atoms with Gasteiger partial charge in [-0.1, -0.05) is 24.4 Å². The molecule has 2 N–H and O–H groups in total. The molecule has 2 heterocycles. The van der Waals surface area contributed by atoms with Crippen molar-refractivity contribution < 1.29 is 13.9 Å². The predicted molar refractivity (Wildman–Crippen MR) is 141 cm³/mol. The fourth-order valence-electron chi connectivity index (χ4n) is 4.86. The third-order valence-corrected chi connectivity index (χ3v) is 7.24. The van der Waals surface area contributed by atoms with E-state index in [9.17, 15) is 9.59 Å². The Balaban J connectivity index is 1.75. The highest BCUT2D eigenvalue weighted by molar-refractivity contribution is 6.38. The molecular formula is C28H31ClFN3O3. The molecule has 36 heavy (non-hydrogen) atoms. The normalized spacial score (nSPS) is 18.4. The largest absolute Gasteiger partial charge is 0.462 e. The third kappa shape index (κ3) is 5.53. The van der Waals surface area contributed by atoms with Gasteiger partial charge in [-0.15, -0.1) is 24.7 Å². The Morgan fingerprint density at radius 1 is 1.22 bits per heavy atom. The Morgan fingerprint density at radius 2 is 1.94 bits per heavy atom. The van der Waals surface area contributed by atoms with E-state index in [1.54, 1.807) is 0 Å². The van der Waals surface area contributed by atoms with Crippen LogP contribution in [0.4, 0.5) is 10.1 Å². The standard InChI is InChI=1S/C28H31ClFN3O3/c1-3-8-18(9-4-2)17-36-28(35)22-16-33(20-11-12-20)25-21(27(22)34)14-23(30)26(24(25)29)32-13-7-5-6-10-19(31)15-32/h1-2,14,16,18-20H,5-13,15,17,31H2/t19-/m1/s1. The molecule has 1 aromatic heterocycles. The minimum absolute atomic E-state index is 0.00257. The van der Waals surface area contributed by atoms with Gasteiger partial charge in [0.15, 0.2) is 0 Å². The average Bonchev–Trinajstić information content (AvgIpc) is 3.66. The van der Waals surface area contributed by atoms with Crippen molar-refractivity contribution in [3.63, 3.8) is 0 Å². The summed E-state index contributed by atoms with van der Waals surface area (Å²) in [7, 11) is 0. The number of pyridine rings is 1. The van der Waals surface area contributed by atoms with Crippen molar-refractivity contribution in [3.8, 4) is 24.7 Å². The summed E-state index contributed by atoms with van der Waals surface area (Å²) in [5, 5.41) is 0.229. The van der Waals surface area contributed by atoms with E-state index in [0.717, 1.165) is 38.5 Å². The van der Waals surface area contributed by atoms with E-state index >= 15 is 4.39 Å². The molecule has 8 heteroatoms. The number of carbonyl (C=O) groups is 1. The first-order valence-electron chi connectivity index (χ1n) is 12.5. The monoisotopic (exact) mass is 511 g/mol. The van der Waals surface area contributed by atoms with Gasteiger partial charge >= 0.3 is 5.97 Å². The number of carbonyl (C=O) groups excluding carboxylic acids is 1. The van der Waals surface area contributed by atoms with Crippen molar-refractivity contribution in [1.29, 1.82) is 0 Å². The molecule has 0 unspecified atom stereocenters. The second-order valence-electron chi connectivity index (χ2n) is 9.76. The molecule has 1 aromatic carbocycles. The number of rotatable bonds is 7. The van der Waals surface area contributed by atoms with Gasteiger partial charge in [0.05, 0.1) is 28.2 Å². The van der Waals surface area contributed by atoms with Gasteiger partial charge in [-0.3, -0.25) is 4.79 Å². The molecule has 0 bridgehead atoms. The number of terminal acetylenes is 2. The summed E-state index contributed by atoms with van der Waals surface area (Å²) >= 11 is 6.84. The molecule has 6 nitrogen and oxygen atoms in total. The first-order valence-corrected chi connectivity index (χ1v) is 12.8. The SMILES string of the molecule is C#CCC(CC#C)COC(=O)c1cn(C2CC2)c2c(Cl)c(N3CCCCC[C@@H](N)C3)c(F)cc2c1=O. The lowest BCUT2D eigenvalue weighted by atomic mass is 10.0. The predicted octanol–water partition coefficient (Wildman–Crippen LogP) is 4.66. The summed E-state index contributed by atoms with van der Waals surface area (Å²) in [6.45, 7) is 1.11. The minimum atomic E-state index is -0.786. The van der Waals surface area contributed by atoms with E-state index in [4.69, 9.17) is 34.9 Å². The van der Waals surface area contributed by atoms with Crippen LogP contribution >= 0.6 is 11.6 Å². The summed E-state index contributed by atoms with van der Waals surface area (Å²) < 4.78 is 22.8. The second-order valence-corrected chi connectivity index (χ2v) is 10.1. The van der Waals surface area contributed by atoms with E-state index in [2.05, 4.69) is 11.8 Å². The molecule has 190 valence electrons. The molecule has 1 saturated carbocycles. The number of nitrogens with two attached hydrogens (primary N) is 1. The Morgan fingerprint density at radius 3 is 2.61 bits per heavy atom. The fourth-order valence-corrected chi connectivity index (χ4v) is 5.27. The zero-order valence-electron chi connectivity index (χ0n) is 20.3. The second kappa shape index (κ2) is 11.4. The number of aromatic nitrogens is 1. The molecule has 0 radical (unpaired) electrons. The van der Waals surface area contributed by atoms with Gasteiger partial charge in [-0.2, -0.15) is 0 Å². The molecule has 2 aromatic rings. The summed E-state index contributed by atoms with van der Waals surface area (Å²) in [6.07, 6.45) is 18.5. The van der Waals surface area contributed by atoms with Gasteiger partial charge in [-0.25, -0.2) is 9.18 Å². The van der Waals surface area contributed by atoms with Gasteiger partial charge in [0, 0.05) is 50.1 Å². The first kappa shape index (κ1) is 26.1. The van der Waals surface area contributed by atoms with Gasteiger partial charge in [-0.05, 0) is 31.7 Å². The van der Waals surface area contributed by atoms with Crippen LogP contribution < -0.4 is 16.1 Å². The zero-order valence-corrected chi connectivity index (χ0v) is 21.0. The molecule has 2 aliphatic rings. The number of halogens is 2. The number of nitrogens with zero attached hydrogens (tertiary/aromatic N) is 2. The topological polar surface area (TPSA) is 77.6 Å². The van der Waals surface area contributed by atoms with Crippen molar-refractivity contribution >= 4 is 34.2 Å². The molecule has 4 rings (SSSR count). The number of hydrogen-bond acceptors (Lipinski definition) is 5. The Labute approximate surface area is 215 Å². The van der Waals surface area contributed by atoms with Crippen molar-refractivity contribution in [3.05, 3.63) is 38.9 Å². The quantitative estimate of drug-likeness (QED) is 0.432. The van der Waals surface area contributed by atoms with E-state index in [1.807, 2.05) is 9.47 Å². The van der Waals surface area contributed by atoms with Crippen molar-refractivity contribution in [2.75, 3.05) is 24.6 Å². The summed E-state index contributed by atoms with van der Waals surface area (Å²) in [4.78, 5) is 28.2. The number of hydrogen-bond donors (Lipinski definition) is 1. The molecule has 1 atom stereocenters. The van der Waals surface area contributed by atoms with Gasteiger partial charge < -0.3 is 19.9 Å². The molecule has 0 amide bonds. The maximum atomic E-state index is 15.5. The van der Waals surface area contributed by atoms with Crippen LogP contribution in [-0.2, 0) is 4.74 Å². The summed E-state index contributed by atoms with van der Waals surface area (Å²) in [6, 6.07) is 1.17. The number of fused-ring (bicyclic) bond motifs is 1. The van der Waals surface area contributed by atoms with Crippen molar-refractivity contribution in [2.45, 2.75) is 63.5 Å². The molecule has 0 spiro atoms. The highest BCUT2D eigenvalue weighted by Crippen LogP contribution is 2.42. The van der Waals surface area contributed by atoms with E-state index in [-0.39, 0.29) is 46.3 Å². The lowest BCUT2D eigenvalue weighted by molar-refractivity contribution is 0.0442. The Kier molecular flexibility index (Phi) is 8.24. The van der Waals surface area contributed by atoms with Gasteiger partial charge in [0.1, 0.15) is 11.4 Å². The number of anilines is 1. The molecule has 1 aliphatic heterocycles. The highest BCUT2D eigenvalue weighted by Gasteiger charge is 2.31.